The number of alkyl halides is 3. The molecule has 2 aromatic rings. The lowest BCUT2D eigenvalue weighted by Gasteiger charge is -2.64. The van der Waals surface area contributed by atoms with E-state index in [4.69, 9.17) is 9.31 Å². The van der Waals surface area contributed by atoms with Gasteiger partial charge in [-0.15, -0.1) is 12.4 Å². The van der Waals surface area contributed by atoms with Crippen LogP contribution in [0.4, 0.5) is 18.9 Å². The van der Waals surface area contributed by atoms with E-state index in [0.29, 0.717) is 23.8 Å². The van der Waals surface area contributed by atoms with Gasteiger partial charge >= 0.3 is 19.3 Å². The van der Waals surface area contributed by atoms with Crippen LogP contribution in [0, 0.1) is 17.3 Å². The second-order valence-corrected chi connectivity index (χ2v) is 13.7. The van der Waals surface area contributed by atoms with E-state index >= 15 is 0 Å². The summed E-state index contributed by atoms with van der Waals surface area (Å²) in [7, 11) is -0.671. The molecule has 7 rings (SSSR count). The minimum Gasteiger partial charge on any atom is -0.481 e. The van der Waals surface area contributed by atoms with Gasteiger partial charge in [0.15, 0.2) is 0 Å². The van der Waals surface area contributed by atoms with Crippen molar-refractivity contribution in [2.75, 3.05) is 5.32 Å². The molecule has 0 spiro atoms. The molecule has 1 aromatic heterocycles. The Balaban J connectivity index is 0.00000417. The van der Waals surface area contributed by atoms with Crippen LogP contribution in [0.1, 0.15) is 88.7 Å². The van der Waals surface area contributed by atoms with E-state index in [0.717, 1.165) is 25.0 Å². The summed E-state index contributed by atoms with van der Waals surface area (Å²) >= 11 is 0. The van der Waals surface area contributed by atoms with E-state index in [1.807, 2.05) is 6.92 Å². The van der Waals surface area contributed by atoms with Gasteiger partial charge in [-0.25, -0.2) is 4.98 Å². The molecule has 1 aromatic carbocycles. The maximum absolute atomic E-state index is 13.8. The predicted molar refractivity (Wildman–Crippen MR) is 165 cm³/mol. The third-order valence-electron chi connectivity index (χ3n) is 10.7. The number of anilines is 1. The Bertz CT molecular complexity index is 1570. The Labute approximate surface area is 271 Å². The van der Waals surface area contributed by atoms with Crippen LogP contribution in [0.2, 0.25) is 0 Å². The second kappa shape index (κ2) is 12.2. The van der Waals surface area contributed by atoms with E-state index in [-0.39, 0.29) is 54.8 Å². The SMILES string of the molecule is CC[C@H](NC(=O)[C@@H]1CC(CC(=O)O)c2ncc(NCc3cccc(C(F)(F)F)c3)c(=O)n21)B1O[C@@H]2C[C@@H]3C[C@@H](C3(C)C)[C@]2(C)O1.Cl. The average molecular weight is 667 g/mol. The van der Waals surface area contributed by atoms with Crippen LogP contribution in [0.15, 0.2) is 35.3 Å². The first-order valence-corrected chi connectivity index (χ1v) is 15.5. The Morgan fingerprint density at radius 3 is 2.61 bits per heavy atom. The molecule has 15 heteroatoms. The van der Waals surface area contributed by atoms with Gasteiger partial charge in [0, 0.05) is 12.5 Å². The van der Waals surface area contributed by atoms with Crippen LogP contribution in [-0.4, -0.2) is 51.3 Å². The van der Waals surface area contributed by atoms with E-state index in [2.05, 4.69) is 36.4 Å². The summed E-state index contributed by atoms with van der Waals surface area (Å²) in [5, 5.41) is 15.4. The fourth-order valence-electron chi connectivity index (χ4n) is 8.06. The van der Waals surface area contributed by atoms with Crippen molar-refractivity contribution < 1.29 is 37.2 Å². The lowest BCUT2D eigenvalue weighted by atomic mass is 9.43. The molecular formula is C31H39BClF3N4O6. The summed E-state index contributed by atoms with van der Waals surface area (Å²) in [5.74, 6) is -1.68. The highest BCUT2D eigenvalue weighted by atomic mass is 35.5. The van der Waals surface area contributed by atoms with Gasteiger partial charge in [-0.1, -0.05) is 32.9 Å². The molecule has 4 fully saturated rings. The predicted octanol–water partition coefficient (Wildman–Crippen LogP) is 4.96. The summed E-state index contributed by atoms with van der Waals surface area (Å²) in [5.41, 5.74) is -1.45. The number of hydrogen-bond acceptors (Lipinski definition) is 7. The molecule has 3 aliphatic carbocycles. The van der Waals surface area contributed by atoms with Crippen LogP contribution in [0.5, 0.6) is 0 Å². The van der Waals surface area contributed by atoms with Gasteiger partial charge in [0.25, 0.3) is 5.56 Å². The largest absolute Gasteiger partial charge is 0.481 e. The number of carboxylic acids is 1. The summed E-state index contributed by atoms with van der Waals surface area (Å²) in [4.78, 5) is 43.5. The maximum Gasteiger partial charge on any atom is 0.481 e. The fourth-order valence-corrected chi connectivity index (χ4v) is 8.06. The van der Waals surface area contributed by atoms with Gasteiger partial charge in [0.2, 0.25) is 5.91 Å². The summed E-state index contributed by atoms with van der Waals surface area (Å²) < 4.78 is 53.7. The molecule has 0 radical (unpaired) electrons. The van der Waals surface area contributed by atoms with Crippen LogP contribution in [-0.2, 0) is 31.6 Å². The number of amides is 1. The number of benzene rings is 1. The number of aliphatic carboxylic acids is 1. The van der Waals surface area contributed by atoms with Crippen molar-refractivity contribution in [1.29, 1.82) is 0 Å². The van der Waals surface area contributed by atoms with Gasteiger partial charge in [-0.2, -0.15) is 13.2 Å². The van der Waals surface area contributed by atoms with Crippen molar-refractivity contribution in [3.8, 4) is 0 Å². The molecule has 1 unspecified atom stereocenters. The average Bonchev–Trinajstić information content (AvgIpc) is 3.52. The van der Waals surface area contributed by atoms with Gasteiger partial charge in [-0.3, -0.25) is 19.0 Å². The smallest absolute Gasteiger partial charge is 0.481 e. The number of hydrogen-bond donors (Lipinski definition) is 3. The lowest BCUT2D eigenvalue weighted by Crippen LogP contribution is -2.65. The zero-order chi connectivity index (χ0) is 32.5. The van der Waals surface area contributed by atoms with Crippen molar-refractivity contribution in [2.45, 2.75) is 102 Å². The molecule has 1 saturated heterocycles. The van der Waals surface area contributed by atoms with Crippen LogP contribution in [0.3, 0.4) is 0 Å². The fraction of sp³-hybridized carbons (Fsp3) is 0.613. The number of carbonyl (C=O) groups excluding carboxylic acids is 1. The Morgan fingerprint density at radius 1 is 1.22 bits per heavy atom. The second-order valence-electron chi connectivity index (χ2n) is 13.7. The molecule has 3 N–H and O–H groups in total. The quantitative estimate of drug-likeness (QED) is 0.320. The number of carbonyl (C=O) groups is 2. The lowest BCUT2D eigenvalue weighted by molar-refractivity contribution is -0.199. The minimum atomic E-state index is -4.51. The normalized spacial score (nSPS) is 29.5. The van der Waals surface area contributed by atoms with Gasteiger partial charge in [0.05, 0.1) is 35.8 Å². The summed E-state index contributed by atoms with van der Waals surface area (Å²) in [6.07, 6.45) is -1.14. The zero-order valence-corrected chi connectivity index (χ0v) is 26.9. The monoisotopic (exact) mass is 666 g/mol. The van der Waals surface area contributed by atoms with Crippen LogP contribution < -0.4 is 16.2 Å². The number of fused-ring (bicyclic) bond motifs is 1. The summed E-state index contributed by atoms with van der Waals surface area (Å²) in [6, 6.07) is 3.69. The van der Waals surface area contributed by atoms with Crippen molar-refractivity contribution in [3.05, 3.63) is 57.8 Å². The Morgan fingerprint density at radius 2 is 1.96 bits per heavy atom. The first-order chi connectivity index (χ1) is 21.1. The maximum atomic E-state index is 13.8. The van der Waals surface area contributed by atoms with Gasteiger partial charge in [0.1, 0.15) is 17.6 Å². The van der Waals surface area contributed by atoms with Gasteiger partial charge < -0.3 is 25.0 Å². The van der Waals surface area contributed by atoms with Crippen LogP contribution >= 0.6 is 12.4 Å². The summed E-state index contributed by atoms with van der Waals surface area (Å²) in [6.45, 7) is 8.44. The number of aromatic nitrogens is 2. The van der Waals surface area contributed by atoms with Crippen molar-refractivity contribution >= 4 is 37.1 Å². The molecule has 2 aliphatic heterocycles. The molecule has 1 amide bonds. The number of halogens is 4. The highest BCUT2D eigenvalue weighted by Gasteiger charge is 2.68. The van der Waals surface area contributed by atoms with E-state index in [1.54, 1.807) is 0 Å². The topological polar surface area (TPSA) is 132 Å². The van der Waals surface area contributed by atoms with Crippen molar-refractivity contribution in [1.82, 2.24) is 14.9 Å². The molecule has 250 valence electrons. The van der Waals surface area contributed by atoms with E-state index < -0.39 is 59.8 Å². The van der Waals surface area contributed by atoms with Crippen molar-refractivity contribution in [2.24, 2.45) is 17.3 Å². The third kappa shape index (κ3) is 5.81. The molecule has 3 heterocycles. The highest BCUT2D eigenvalue weighted by molar-refractivity contribution is 6.47. The number of carboxylic acid groups (broad SMARTS) is 1. The molecule has 2 bridgehead atoms. The number of rotatable bonds is 9. The highest BCUT2D eigenvalue weighted by Crippen LogP contribution is 2.65. The molecular weight excluding hydrogens is 628 g/mol. The molecule has 10 nitrogen and oxygen atoms in total. The molecule has 5 aliphatic rings. The number of nitrogens with one attached hydrogen (secondary N) is 2. The van der Waals surface area contributed by atoms with E-state index in [9.17, 15) is 32.7 Å². The molecule has 7 atom stereocenters. The van der Waals surface area contributed by atoms with Gasteiger partial charge in [-0.05, 0) is 67.6 Å². The van der Waals surface area contributed by atoms with E-state index in [1.165, 1.54) is 22.9 Å². The standard InChI is InChI=1S/C31H38BF3N4O6.ClH/c1-5-24(32-44-23-13-19-12-22(29(19,2)3)30(23,4)45-32)38-27(42)21-10-17(11-25(40)41)26-37-15-20(28(43)39(21)26)36-14-16-7-6-8-18(9-16)31(33,34)35;/h6-9,15,17,19,21-24,36H,5,10-14H2,1-4H3,(H,38,42)(H,40,41);1H/t17?,19-,21-,22-,23+,24-,30-;/m0./s1. The third-order valence-corrected chi connectivity index (χ3v) is 10.7. The minimum absolute atomic E-state index is 0. The number of nitrogens with zero attached hydrogens (tertiary/aromatic N) is 2. The molecule has 46 heavy (non-hydrogen) atoms. The molecule has 3 saturated carbocycles. The first-order valence-electron chi connectivity index (χ1n) is 15.5. The van der Waals surface area contributed by atoms with Crippen molar-refractivity contribution in [3.63, 3.8) is 0 Å². The van der Waals surface area contributed by atoms with Crippen LogP contribution in [0.25, 0.3) is 0 Å². The Kier molecular flexibility index (Phi) is 9.06. The zero-order valence-electron chi connectivity index (χ0n) is 26.1. The first kappa shape index (κ1) is 34.2. The Hall–Kier alpha value is -3.10.